The Morgan fingerprint density at radius 1 is 1.19 bits per heavy atom. The lowest BCUT2D eigenvalue weighted by molar-refractivity contribution is -0.142. The smallest absolute Gasteiger partial charge is 0.331 e. The van der Waals surface area contributed by atoms with Crippen LogP contribution in [-0.4, -0.2) is 36.0 Å². The predicted molar refractivity (Wildman–Crippen MR) is 97.5 cm³/mol. The molecule has 136 valence electrons. The van der Waals surface area contributed by atoms with Crippen LogP contribution in [0.15, 0.2) is 41.8 Å². The molecule has 1 N–H and O–H groups in total. The Labute approximate surface area is 154 Å². The normalized spacial score (nSPS) is 10.5. The van der Waals surface area contributed by atoms with Crippen LogP contribution in [0.4, 0.5) is 5.13 Å². The molecule has 0 aliphatic carbocycles. The summed E-state index contributed by atoms with van der Waals surface area (Å²) in [7, 11) is 0. The molecule has 0 atom stereocenters. The second-order valence-corrected chi connectivity index (χ2v) is 5.88. The summed E-state index contributed by atoms with van der Waals surface area (Å²) in [5.74, 6) is -1.51. The van der Waals surface area contributed by atoms with Crippen LogP contribution >= 0.6 is 11.3 Å². The van der Waals surface area contributed by atoms with Crippen molar-refractivity contribution in [3.63, 3.8) is 0 Å². The predicted octanol–water partition coefficient (Wildman–Crippen LogP) is 2.44. The van der Waals surface area contributed by atoms with Gasteiger partial charge in [-0.2, -0.15) is 0 Å². The van der Waals surface area contributed by atoms with Gasteiger partial charge >= 0.3 is 11.9 Å². The molecule has 1 aromatic heterocycles. The lowest BCUT2D eigenvalue weighted by Gasteiger charge is -2.02. The largest absolute Gasteiger partial charge is 0.466 e. The fraction of sp³-hybridized carbons (Fsp3) is 0.222. The summed E-state index contributed by atoms with van der Waals surface area (Å²) in [4.78, 5) is 38.9. The van der Waals surface area contributed by atoms with Crippen molar-refractivity contribution < 1.29 is 23.9 Å². The number of thiazole rings is 1. The highest BCUT2D eigenvalue weighted by molar-refractivity contribution is 7.13. The second kappa shape index (κ2) is 10.1. The van der Waals surface area contributed by atoms with E-state index >= 15 is 0 Å². The highest BCUT2D eigenvalue weighted by Gasteiger charge is 2.11. The highest BCUT2D eigenvalue weighted by Crippen LogP contribution is 2.16. The molecule has 0 saturated heterocycles. The highest BCUT2D eigenvalue weighted by atomic mass is 32.1. The molecule has 0 fully saturated rings. The molecule has 0 radical (unpaired) electrons. The first kappa shape index (κ1) is 19.3. The van der Waals surface area contributed by atoms with E-state index in [9.17, 15) is 14.4 Å². The molecular formula is C18H18N2O5S. The monoisotopic (exact) mass is 374 g/mol. The SMILES string of the molecule is CCOC(=O)Cc1csc(NC(=O)COC(=O)/C=C/c2ccccc2)n1. The van der Waals surface area contributed by atoms with Gasteiger partial charge in [0.25, 0.3) is 5.91 Å². The van der Waals surface area contributed by atoms with E-state index in [-0.39, 0.29) is 12.4 Å². The first-order valence-corrected chi connectivity index (χ1v) is 8.74. The van der Waals surface area contributed by atoms with Gasteiger partial charge in [0.2, 0.25) is 0 Å². The number of ether oxygens (including phenoxy) is 2. The number of hydrogen-bond acceptors (Lipinski definition) is 7. The van der Waals surface area contributed by atoms with Gasteiger partial charge in [0.05, 0.1) is 18.7 Å². The molecule has 0 unspecified atom stereocenters. The molecule has 1 aromatic carbocycles. The second-order valence-electron chi connectivity index (χ2n) is 5.03. The Morgan fingerprint density at radius 3 is 2.69 bits per heavy atom. The van der Waals surface area contributed by atoms with Crippen LogP contribution in [0.3, 0.4) is 0 Å². The topological polar surface area (TPSA) is 94.6 Å². The average Bonchev–Trinajstić information content (AvgIpc) is 3.06. The van der Waals surface area contributed by atoms with Crippen LogP contribution in [0.1, 0.15) is 18.2 Å². The van der Waals surface area contributed by atoms with E-state index in [1.165, 1.54) is 17.4 Å². The van der Waals surface area contributed by atoms with E-state index < -0.39 is 18.5 Å². The number of esters is 2. The first-order chi connectivity index (χ1) is 12.6. The van der Waals surface area contributed by atoms with Crippen LogP contribution in [0.2, 0.25) is 0 Å². The number of rotatable bonds is 8. The summed E-state index contributed by atoms with van der Waals surface area (Å²) in [5.41, 5.74) is 1.36. The quantitative estimate of drug-likeness (QED) is 0.563. The molecule has 1 heterocycles. The maximum atomic E-state index is 11.8. The van der Waals surface area contributed by atoms with Crippen molar-refractivity contribution in [2.75, 3.05) is 18.5 Å². The van der Waals surface area contributed by atoms with Crippen molar-refractivity contribution in [3.8, 4) is 0 Å². The van der Waals surface area contributed by atoms with Gasteiger partial charge in [-0.05, 0) is 18.6 Å². The Hall–Kier alpha value is -3.00. The molecule has 7 nitrogen and oxygen atoms in total. The van der Waals surface area contributed by atoms with Gasteiger partial charge in [0.1, 0.15) is 0 Å². The van der Waals surface area contributed by atoms with Gasteiger partial charge < -0.3 is 9.47 Å². The molecule has 0 aliphatic heterocycles. The Morgan fingerprint density at radius 2 is 1.96 bits per heavy atom. The fourth-order valence-corrected chi connectivity index (χ4v) is 2.60. The molecule has 8 heteroatoms. The zero-order valence-electron chi connectivity index (χ0n) is 14.1. The Balaban J connectivity index is 1.75. The average molecular weight is 374 g/mol. The summed E-state index contributed by atoms with van der Waals surface area (Å²) >= 11 is 1.17. The number of anilines is 1. The van der Waals surface area contributed by atoms with Crippen molar-refractivity contribution in [2.45, 2.75) is 13.3 Å². The molecular weight excluding hydrogens is 356 g/mol. The zero-order chi connectivity index (χ0) is 18.8. The van der Waals surface area contributed by atoms with Crippen molar-refractivity contribution in [1.82, 2.24) is 4.98 Å². The number of amides is 1. The number of nitrogens with one attached hydrogen (secondary N) is 1. The number of aromatic nitrogens is 1. The van der Waals surface area contributed by atoms with E-state index in [1.54, 1.807) is 18.4 Å². The summed E-state index contributed by atoms with van der Waals surface area (Å²) < 4.78 is 9.70. The Bertz CT molecular complexity index is 786. The van der Waals surface area contributed by atoms with Crippen LogP contribution in [0, 0.1) is 0 Å². The van der Waals surface area contributed by atoms with Gasteiger partial charge in [-0.1, -0.05) is 30.3 Å². The van der Waals surface area contributed by atoms with Gasteiger partial charge in [0.15, 0.2) is 11.7 Å². The van der Waals surface area contributed by atoms with Gasteiger partial charge in [0, 0.05) is 11.5 Å². The van der Waals surface area contributed by atoms with E-state index in [4.69, 9.17) is 9.47 Å². The molecule has 2 rings (SSSR count). The molecule has 1 amide bonds. The number of hydrogen-bond donors (Lipinski definition) is 1. The van der Waals surface area contributed by atoms with E-state index in [1.807, 2.05) is 30.3 Å². The van der Waals surface area contributed by atoms with Crippen molar-refractivity contribution >= 4 is 40.4 Å². The van der Waals surface area contributed by atoms with Crippen molar-refractivity contribution in [2.24, 2.45) is 0 Å². The molecule has 26 heavy (non-hydrogen) atoms. The van der Waals surface area contributed by atoms with E-state index in [2.05, 4.69) is 10.3 Å². The minimum absolute atomic E-state index is 0.0411. The number of benzene rings is 1. The van der Waals surface area contributed by atoms with Crippen LogP contribution < -0.4 is 5.32 Å². The third-order valence-corrected chi connectivity index (χ3v) is 3.79. The minimum Gasteiger partial charge on any atom is -0.466 e. The lowest BCUT2D eigenvalue weighted by Crippen LogP contribution is -2.20. The van der Waals surface area contributed by atoms with E-state index in [0.717, 1.165) is 5.56 Å². The van der Waals surface area contributed by atoms with Crippen molar-refractivity contribution in [1.29, 1.82) is 0 Å². The third-order valence-electron chi connectivity index (χ3n) is 2.99. The third kappa shape index (κ3) is 6.86. The Kier molecular flexibility index (Phi) is 7.50. The number of carbonyl (C=O) groups is 3. The molecule has 0 saturated carbocycles. The molecule has 0 spiro atoms. The maximum absolute atomic E-state index is 11.8. The van der Waals surface area contributed by atoms with E-state index in [0.29, 0.717) is 17.4 Å². The molecule has 0 bridgehead atoms. The summed E-state index contributed by atoms with van der Waals surface area (Å²) in [6, 6.07) is 9.25. The zero-order valence-corrected chi connectivity index (χ0v) is 15.0. The number of nitrogens with zero attached hydrogens (tertiary/aromatic N) is 1. The first-order valence-electron chi connectivity index (χ1n) is 7.86. The fourth-order valence-electron chi connectivity index (χ4n) is 1.87. The summed E-state index contributed by atoms with van der Waals surface area (Å²) in [5, 5.41) is 4.49. The summed E-state index contributed by atoms with van der Waals surface area (Å²) in [6.45, 7) is 1.60. The molecule has 2 aromatic rings. The summed E-state index contributed by atoms with van der Waals surface area (Å²) in [6.07, 6.45) is 2.89. The van der Waals surface area contributed by atoms with Gasteiger partial charge in [-0.25, -0.2) is 9.78 Å². The van der Waals surface area contributed by atoms with Gasteiger partial charge in [-0.15, -0.1) is 11.3 Å². The maximum Gasteiger partial charge on any atom is 0.331 e. The lowest BCUT2D eigenvalue weighted by atomic mass is 10.2. The molecule has 0 aliphatic rings. The van der Waals surface area contributed by atoms with Crippen LogP contribution in [0.25, 0.3) is 6.08 Å². The van der Waals surface area contributed by atoms with Gasteiger partial charge in [-0.3, -0.25) is 14.9 Å². The van der Waals surface area contributed by atoms with Crippen LogP contribution in [0.5, 0.6) is 0 Å². The minimum atomic E-state index is -0.619. The van der Waals surface area contributed by atoms with Crippen molar-refractivity contribution in [3.05, 3.63) is 53.0 Å². The van der Waals surface area contributed by atoms with Crippen LogP contribution in [-0.2, 0) is 30.3 Å². The number of carbonyl (C=O) groups excluding carboxylic acids is 3. The standard InChI is InChI=1S/C18H18N2O5S/c1-2-24-17(23)10-14-12-26-18(19-14)20-15(21)11-25-16(22)9-8-13-6-4-3-5-7-13/h3-9,12H,2,10-11H2,1H3,(H,19,20,21)/b9-8+.